The molecule has 0 aliphatic carbocycles. The smallest absolute Gasteiger partial charge is 0.228 e. The van der Waals surface area contributed by atoms with Crippen LogP contribution in [0.15, 0.2) is 43.1 Å². The number of rotatable bonds is 3. The van der Waals surface area contributed by atoms with E-state index >= 15 is 0 Å². The first-order chi connectivity index (χ1) is 12.2. The van der Waals surface area contributed by atoms with Crippen LogP contribution in [-0.4, -0.2) is 30.8 Å². The topological polar surface area (TPSA) is 84.8 Å². The minimum Gasteiger partial charge on any atom is -0.292 e. The molecule has 1 amide bonds. The first-order valence-corrected chi connectivity index (χ1v) is 8.05. The SMILES string of the molecule is Cc1nc(-c2cnccn2)nc2c1CCC(=O)N2Cc1ccncc1. The highest BCUT2D eigenvalue weighted by molar-refractivity contribution is 5.95. The fraction of sp³-hybridized carbons (Fsp3) is 0.222. The molecule has 7 heteroatoms. The van der Waals surface area contributed by atoms with Crippen LogP contribution in [0.2, 0.25) is 0 Å². The molecular formula is C18H16N6O. The van der Waals surface area contributed by atoms with Gasteiger partial charge in [-0.25, -0.2) is 15.0 Å². The second kappa shape index (κ2) is 6.35. The molecule has 124 valence electrons. The van der Waals surface area contributed by atoms with E-state index in [9.17, 15) is 4.79 Å². The fourth-order valence-corrected chi connectivity index (χ4v) is 2.94. The Labute approximate surface area is 144 Å². The Kier molecular flexibility index (Phi) is 3.89. The van der Waals surface area contributed by atoms with Gasteiger partial charge < -0.3 is 0 Å². The molecule has 0 saturated carbocycles. The van der Waals surface area contributed by atoms with Crippen LogP contribution in [0, 0.1) is 6.92 Å². The maximum atomic E-state index is 12.5. The Morgan fingerprint density at radius 1 is 1.04 bits per heavy atom. The monoisotopic (exact) mass is 332 g/mol. The number of nitrogens with zero attached hydrogens (tertiary/aromatic N) is 6. The zero-order valence-electron chi connectivity index (χ0n) is 13.8. The summed E-state index contributed by atoms with van der Waals surface area (Å²) in [6, 6.07) is 3.80. The summed E-state index contributed by atoms with van der Waals surface area (Å²) in [5, 5.41) is 0. The highest BCUT2D eigenvalue weighted by Crippen LogP contribution is 2.30. The summed E-state index contributed by atoms with van der Waals surface area (Å²) in [6.45, 7) is 2.41. The standard InChI is InChI=1S/C18H16N6O/c1-12-14-2-3-16(25)24(11-13-4-6-19-7-5-13)18(14)23-17(22-12)15-10-20-8-9-21-15/h4-10H,2-3,11H2,1H3. The summed E-state index contributed by atoms with van der Waals surface area (Å²) in [5.74, 6) is 1.22. The molecule has 0 saturated heterocycles. The van der Waals surface area contributed by atoms with Crippen molar-refractivity contribution in [3.8, 4) is 11.5 Å². The molecule has 0 radical (unpaired) electrons. The van der Waals surface area contributed by atoms with Gasteiger partial charge in [0.1, 0.15) is 11.5 Å². The summed E-state index contributed by atoms with van der Waals surface area (Å²) in [6.07, 6.45) is 9.41. The number of amides is 1. The molecule has 3 aromatic rings. The lowest BCUT2D eigenvalue weighted by Crippen LogP contribution is -2.36. The molecule has 25 heavy (non-hydrogen) atoms. The van der Waals surface area contributed by atoms with E-state index in [1.807, 2.05) is 19.1 Å². The van der Waals surface area contributed by atoms with E-state index in [0.29, 0.717) is 36.7 Å². The Morgan fingerprint density at radius 3 is 2.64 bits per heavy atom. The highest BCUT2D eigenvalue weighted by atomic mass is 16.2. The van der Waals surface area contributed by atoms with E-state index in [1.54, 1.807) is 35.9 Å². The van der Waals surface area contributed by atoms with Gasteiger partial charge >= 0.3 is 0 Å². The number of aryl methyl sites for hydroxylation is 1. The molecule has 4 heterocycles. The summed E-state index contributed by atoms with van der Waals surface area (Å²) >= 11 is 0. The molecule has 0 aromatic carbocycles. The second-order valence-electron chi connectivity index (χ2n) is 5.86. The van der Waals surface area contributed by atoms with Crippen LogP contribution in [0.25, 0.3) is 11.5 Å². The van der Waals surface area contributed by atoms with E-state index < -0.39 is 0 Å². The van der Waals surface area contributed by atoms with Crippen LogP contribution >= 0.6 is 0 Å². The predicted molar refractivity (Wildman–Crippen MR) is 91.5 cm³/mol. The van der Waals surface area contributed by atoms with Crippen LogP contribution in [-0.2, 0) is 17.8 Å². The van der Waals surface area contributed by atoms with Crippen LogP contribution in [0.1, 0.15) is 23.2 Å². The minimum absolute atomic E-state index is 0.0625. The van der Waals surface area contributed by atoms with Crippen LogP contribution < -0.4 is 4.90 Å². The first kappa shape index (κ1) is 15.3. The van der Waals surface area contributed by atoms with Crippen molar-refractivity contribution in [1.82, 2.24) is 24.9 Å². The number of anilines is 1. The normalized spacial score (nSPS) is 13.6. The third kappa shape index (κ3) is 2.96. The lowest BCUT2D eigenvalue weighted by molar-refractivity contribution is -0.119. The summed E-state index contributed by atoms with van der Waals surface area (Å²) in [7, 11) is 0. The van der Waals surface area contributed by atoms with Gasteiger partial charge in [-0.2, -0.15) is 0 Å². The van der Waals surface area contributed by atoms with Gasteiger partial charge in [0.25, 0.3) is 0 Å². The molecule has 0 fully saturated rings. The molecule has 0 spiro atoms. The van der Waals surface area contributed by atoms with Crippen molar-refractivity contribution < 1.29 is 4.79 Å². The van der Waals surface area contributed by atoms with Crippen molar-refractivity contribution in [3.63, 3.8) is 0 Å². The average molecular weight is 332 g/mol. The largest absolute Gasteiger partial charge is 0.292 e. The zero-order valence-corrected chi connectivity index (χ0v) is 13.8. The lowest BCUT2D eigenvalue weighted by Gasteiger charge is -2.29. The molecule has 1 aliphatic rings. The second-order valence-corrected chi connectivity index (χ2v) is 5.86. The van der Waals surface area contributed by atoms with Gasteiger partial charge in [-0.15, -0.1) is 0 Å². The Bertz CT molecular complexity index is 914. The van der Waals surface area contributed by atoms with Gasteiger partial charge in [-0.1, -0.05) is 0 Å². The van der Waals surface area contributed by atoms with Gasteiger partial charge in [0.05, 0.1) is 12.7 Å². The minimum atomic E-state index is 0.0625. The van der Waals surface area contributed by atoms with E-state index in [4.69, 9.17) is 0 Å². The number of carbonyl (C=O) groups excluding carboxylic acids is 1. The molecule has 0 unspecified atom stereocenters. The summed E-state index contributed by atoms with van der Waals surface area (Å²) in [5.41, 5.74) is 3.49. The quantitative estimate of drug-likeness (QED) is 0.730. The zero-order chi connectivity index (χ0) is 17.2. The molecule has 4 rings (SSSR count). The lowest BCUT2D eigenvalue weighted by atomic mass is 10.0. The van der Waals surface area contributed by atoms with E-state index in [2.05, 4.69) is 24.9 Å². The van der Waals surface area contributed by atoms with Crippen LogP contribution in [0.3, 0.4) is 0 Å². The summed E-state index contributed by atoms with van der Waals surface area (Å²) in [4.78, 5) is 35.8. The highest BCUT2D eigenvalue weighted by Gasteiger charge is 2.28. The molecule has 0 N–H and O–H groups in total. The van der Waals surface area contributed by atoms with Crippen LogP contribution in [0.5, 0.6) is 0 Å². The third-order valence-electron chi connectivity index (χ3n) is 4.22. The molecule has 1 aliphatic heterocycles. The van der Waals surface area contributed by atoms with Gasteiger partial charge in [-0.05, 0) is 31.0 Å². The first-order valence-electron chi connectivity index (χ1n) is 8.05. The number of hydrogen-bond acceptors (Lipinski definition) is 6. The third-order valence-corrected chi connectivity index (χ3v) is 4.22. The summed E-state index contributed by atoms with van der Waals surface area (Å²) < 4.78 is 0. The predicted octanol–water partition coefficient (Wildman–Crippen LogP) is 2.12. The van der Waals surface area contributed by atoms with Gasteiger partial charge in [0, 0.05) is 42.5 Å². The Hall–Kier alpha value is -3.22. The van der Waals surface area contributed by atoms with Gasteiger partial charge in [0.15, 0.2) is 5.82 Å². The van der Waals surface area contributed by atoms with Crippen molar-refractivity contribution >= 4 is 11.7 Å². The maximum absolute atomic E-state index is 12.5. The van der Waals surface area contributed by atoms with Crippen LogP contribution in [0.4, 0.5) is 5.82 Å². The average Bonchev–Trinajstić information content (AvgIpc) is 2.65. The van der Waals surface area contributed by atoms with E-state index in [-0.39, 0.29) is 5.91 Å². The van der Waals surface area contributed by atoms with Crippen molar-refractivity contribution in [3.05, 3.63) is 59.9 Å². The fourth-order valence-electron chi connectivity index (χ4n) is 2.94. The Balaban J connectivity index is 1.79. The molecule has 0 bridgehead atoms. The van der Waals surface area contributed by atoms with Gasteiger partial charge in [0.2, 0.25) is 5.91 Å². The number of pyridine rings is 1. The van der Waals surface area contributed by atoms with E-state index in [0.717, 1.165) is 16.8 Å². The van der Waals surface area contributed by atoms with Crippen molar-refractivity contribution in [2.45, 2.75) is 26.3 Å². The number of carbonyl (C=O) groups is 1. The molecule has 0 atom stereocenters. The van der Waals surface area contributed by atoms with E-state index in [1.165, 1.54) is 0 Å². The molecular weight excluding hydrogens is 316 g/mol. The number of hydrogen-bond donors (Lipinski definition) is 0. The molecule has 3 aromatic heterocycles. The maximum Gasteiger partial charge on any atom is 0.228 e. The Morgan fingerprint density at radius 2 is 1.88 bits per heavy atom. The number of fused-ring (bicyclic) bond motifs is 1. The molecule has 7 nitrogen and oxygen atoms in total. The van der Waals surface area contributed by atoms with Gasteiger partial charge in [-0.3, -0.25) is 19.7 Å². The number of aromatic nitrogens is 5. The van der Waals surface area contributed by atoms with Crippen molar-refractivity contribution in [1.29, 1.82) is 0 Å². The van der Waals surface area contributed by atoms with Crippen molar-refractivity contribution in [2.24, 2.45) is 0 Å². The van der Waals surface area contributed by atoms with Crippen molar-refractivity contribution in [2.75, 3.05) is 4.90 Å².